The normalized spacial score (nSPS) is 12.5. The molecule has 0 aliphatic rings. The Morgan fingerprint density at radius 3 is 1.46 bits per heavy atom. The lowest BCUT2D eigenvalue weighted by molar-refractivity contribution is 0.596. The first-order valence-electron chi connectivity index (χ1n) is 3.93. The quantitative estimate of drug-likeness (QED) is 0.708. The van der Waals surface area contributed by atoms with E-state index >= 15 is 0 Å². The molecule has 0 radical (unpaired) electrons. The van der Waals surface area contributed by atoms with Crippen molar-refractivity contribution >= 4 is 19.7 Å². The first kappa shape index (κ1) is 12.6. The highest BCUT2D eigenvalue weighted by molar-refractivity contribution is 8.14. The van der Waals surface area contributed by atoms with Gasteiger partial charge in [0.2, 0.25) is 0 Å². The number of rotatable bonds is 4. The topological polar surface area (TPSA) is 68.3 Å². The summed E-state index contributed by atoms with van der Waals surface area (Å²) in [4.78, 5) is 0. The number of sulfone groups is 2. The van der Waals surface area contributed by atoms with Crippen LogP contribution in [0.25, 0.3) is 0 Å². The first-order valence-corrected chi connectivity index (χ1v) is 7.24. The third-order valence-corrected chi connectivity index (χ3v) is 6.35. The fourth-order valence-electron chi connectivity index (χ4n) is 0.837. The summed E-state index contributed by atoms with van der Waals surface area (Å²) in [6, 6.07) is 0. The minimum Gasteiger partial charge on any atom is -0.223 e. The summed E-state index contributed by atoms with van der Waals surface area (Å²) in [6.45, 7) is 4.25. The molecule has 4 nitrogen and oxygen atoms in total. The molecular formula is C7H14O4S2. The molecule has 0 unspecified atom stereocenters. The molecule has 0 aliphatic carbocycles. The molecule has 0 aromatic rings. The van der Waals surface area contributed by atoms with Crippen LogP contribution in [0.3, 0.4) is 0 Å². The van der Waals surface area contributed by atoms with Crippen LogP contribution in [-0.2, 0) is 19.7 Å². The summed E-state index contributed by atoms with van der Waals surface area (Å²) in [6.07, 6.45) is 1.14. The van der Waals surface area contributed by atoms with Crippen LogP contribution >= 0.6 is 0 Å². The van der Waals surface area contributed by atoms with Gasteiger partial charge in [0.15, 0.2) is 23.9 Å². The highest BCUT2D eigenvalue weighted by atomic mass is 32.3. The van der Waals surface area contributed by atoms with Gasteiger partial charge in [-0.25, -0.2) is 16.8 Å². The van der Waals surface area contributed by atoms with Gasteiger partial charge in [0, 0.05) is 0 Å². The monoisotopic (exact) mass is 226 g/mol. The maximum atomic E-state index is 11.3. The van der Waals surface area contributed by atoms with Crippen molar-refractivity contribution in [2.75, 3.05) is 11.5 Å². The van der Waals surface area contributed by atoms with Crippen molar-refractivity contribution in [3.63, 3.8) is 0 Å². The lowest BCUT2D eigenvalue weighted by Crippen LogP contribution is -2.17. The molecule has 0 N–H and O–H groups in total. The molecule has 78 valence electrons. The molecule has 0 fully saturated rings. The van der Waals surface area contributed by atoms with Crippen molar-refractivity contribution in [3.8, 4) is 0 Å². The zero-order valence-corrected chi connectivity index (χ0v) is 9.57. The Morgan fingerprint density at radius 2 is 1.31 bits per heavy atom. The summed E-state index contributed by atoms with van der Waals surface area (Å²) < 4.78 is 44.7. The lowest BCUT2D eigenvalue weighted by atomic mass is 10.8. The predicted octanol–water partition coefficient (Wildman–Crippen LogP) is 0.717. The highest BCUT2D eigenvalue weighted by Gasteiger charge is 2.26. The van der Waals surface area contributed by atoms with Gasteiger partial charge >= 0.3 is 0 Å². The van der Waals surface area contributed by atoms with E-state index in [2.05, 4.69) is 0 Å². The van der Waals surface area contributed by atoms with Gasteiger partial charge in [-0.05, 0) is 6.92 Å². The Balaban J connectivity index is 5.47. The second-order valence-corrected chi connectivity index (χ2v) is 7.17. The van der Waals surface area contributed by atoms with Crippen molar-refractivity contribution in [3.05, 3.63) is 10.3 Å². The van der Waals surface area contributed by atoms with Gasteiger partial charge in [0.25, 0.3) is 0 Å². The SMILES string of the molecule is CC=C(S(=O)(=O)CC)S(=O)(=O)CC. The summed E-state index contributed by atoms with van der Waals surface area (Å²) >= 11 is 0. The number of allylic oxidation sites excluding steroid dienone is 1. The van der Waals surface area contributed by atoms with Crippen LogP contribution in [-0.4, -0.2) is 28.3 Å². The molecule has 0 rings (SSSR count). The van der Waals surface area contributed by atoms with E-state index in [-0.39, 0.29) is 11.5 Å². The second kappa shape index (κ2) is 4.23. The molecular weight excluding hydrogens is 212 g/mol. The molecule has 0 heterocycles. The predicted molar refractivity (Wildman–Crippen MR) is 52.7 cm³/mol. The third-order valence-electron chi connectivity index (χ3n) is 1.61. The van der Waals surface area contributed by atoms with Gasteiger partial charge < -0.3 is 0 Å². The Bertz CT molecular complexity index is 350. The molecule has 0 atom stereocenters. The van der Waals surface area contributed by atoms with Gasteiger partial charge in [-0.3, -0.25) is 0 Å². The molecule has 0 spiro atoms. The zero-order valence-electron chi connectivity index (χ0n) is 7.94. The second-order valence-electron chi connectivity index (χ2n) is 2.41. The zero-order chi connectivity index (χ0) is 10.7. The average molecular weight is 226 g/mol. The molecule has 0 aromatic carbocycles. The first-order chi connectivity index (χ1) is 5.81. The lowest BCUT2D eigenvalue weighted by Gasteiger charge is -2.05. The minimum atomic E-state index is -3.61. The van der Waals surface area contributed by atoms with E-state index in [4.69, 9.17) is 0 Å². The van der Waals surface area contributed by atoms with E-state index in [9.17, 15) is 16.8 Å². The molecule has 0 saturated carbocycles. The number of hydrogen-bond acceptors (Lipinski definition) is 4. The highest BCUT2D eigenvalue weighted by Crippen LogP contribution is 2.15. The molecule has 0 aromatic heterocycles. The Kier molecular flexibility index (Phi) is 4.12. The van der Waals surface area contributed by atoms with Crippen molar-refractivity contribution in [1.29, 1.82) is 0 Å². The third kappa shape index (κ3) is 2.80. The molecule has 0 aliphatic heterocycles. The van der Waals surface area contributed by atoms with Crippen molar-refractivity contribution in [1.82, 2.24) is 0 Å². The van der Waals surface area contributed by atoms with E-state index in [1.165, 1.54) is 20.8 Å². The van der Waals surface area contributed by atoms with Crippen LogP contribution in [0.2, 0.25) is 0 Å². The largest absolute Gasteiger partial charge is 0.223 e. The van der Waals surface area contributed by atoms with Gasteiger partial charge in [0.05, 0.1) is 11.5 Å². The van der Waals surface area contributed by atoms with Gasteiger partial charge in [0.1, 0.15) is 0 Å². The fraction of sp³-hybridized carbons (Fsp3) is 0.714. The maximum absolute atomic E-state index is 11.3. The van der Waals surface area contributed by atoms with Crippen LogP contribution < -0.4 is 0 Å². The van der Waals surface area contributed by atoms with Crippen LogP contribution in [0.4, 0.5) is 0 Å². The standard InChI is InChI=1S/C7H14O4S2/c1-4-7(12(8,9)5-2)13(10,11)6-3/h4H,5-6H2,1-3H3. The van der Waals surface area contributed by atoms with Crippen LogP contribution in [0, 0.1) is 0 Å². The molecule has 13 heavy (non-hydrogen) atoms. The van der Waals surface area contributed by atoms with Gasteiger partial charge in [-0.15, -0.1) is 0 Å². The maximum Gasteiger partial charge on any atom is 0.188 e. The van der Waals surface area contributed by atoms with Crippen LogP contribution in [0.15, 0.2) is 10.3 Å². The molecule has 0 amide bonds. The van der Waals surface area contributed by atoms with E-state index < -0.39 is 23.9 Å². The minimum absolute atomic E-state index is 0.189. The van der Waals surface area contributed by atoms with Crippen molar-refractivity contribution in [2.45, 2.75) is 20.8 Å². The average Bonchev–Trinajstić information content (AvgIpc) is 2.05. The molecule has 0 bridgehead atoms. The van der Waals surface area contributed by atoms with Crippen molar-refractivity contribution in [2.24, 2.45) is 0 Å². The summed E-state index contributed by atoms with van der Waals surface area (Å²) in [5, 5.41) is 0. The Hall–Kier alpha value is -0.360. The van der Waals surface area contributed by atoms with Gasteiger partial charge in [-0.1, -0.05) is 19.9 Å². The Labute approximate surface area is 79.5 Å². The summed E-state index contributed by atoms with van der Waals surface area (Å²) in [5.41, 5.74) is 0. The summed E-state index contributed by atoms with van der Waals surface area (Å²) in [5.74, 6) is -0.377. The molecule has 6 heteroatoms. The van der Waals surface area contributed by atoms with E-state index in [1.807, 2.05) is 0 Å². The van der Waals surface area contributed by atoms with E-state index in [1.54, 1.807) is 0 Å². The van der Waals surface area contributed by atoms with E-state index in [0.29, 0.717) is 0 Å². The van der Waals surface area contributed by atoms with E-state index in [0.717, 1.165) is 6.08 Å². The Morgan fingerprint density at radius 1 is 1.00 bits per heavy atom. The molecule has 0 saturated heterocycles. The van der Waals surface area contributed by atoms with Crippen molar-refractivity contribution < 1.29 is 16.8 Å². The number of hydrogen-bond donors (Lipinski definition) is 0. The van der Waals surface area contributed by atoms with Gasteiger partial charge in [-0.2, -0.15) is 0 Å². The fourth-order valence-corrected chi connectivity index (χ4v) is 4.38. The van der Waals surface area contributed by atoms with Crippen LogP contribution in [0.5, 0.6) is 0 Å². The van der Waals surface area contributed by atoms with Crippen LogP contribution in [0.1, 0.15) is 20.8 Å². The summed E-state index contributed by atoms with van der Waals surface area (Å²) in [7, 11) is -7.21. The smallest absolute Gasteiger partial charge is 0.188 e.